The Morgan fingerprint density at radius 3 is 2.61 bits per heavy atom. The molecule has 4 aromatic rings. The number of halogens is 2. The van der Waals surface area contributed by atoms with Crippen LogP contribution in [0.25, 0.3) is 0 Å². The van der Waals surface area contributed by atoms with Crippen LogP contribution in [0, 0.1) is 11.6 Å². The van der Waals surface area contributed by atoms with Crippen molar-refractivity contribution >= 4 is 11.9 Å². The van der Waals surface area contributed by atoms with E-state index in [1.54, 1.807) is 52.3 Å². The van der Waals surface area contributed by atoms with Gasteiger partial charge in [-0.1, -0.05) is 24.3 Å². The summed E-state index contributed by atoms with van der Waals surface area (Å²) in [5.74, 6) is -0.858. The molecule has 1 fully saturated rings. The summed E-state index contributed by atoms with van der Waals surface area (Å²) in [6, 6.07) is 15.5. The fourth-order valence-corrected chi connectivity index (χ4v) is 5.52. The maximum atomic E-state index is 14.0. The minimum Gasteiger partial charge on any atom is -0.350 e. The van der Waals surface area contributed by atoms with E-state index in [1.165, 1.54) is 37.3 Å². The smallest absolute Gasteiger partial charge is 0.264 e. The number of hydrogen-bond acceptors (Lipinski definition) is 5. The summed E-state index contributed by atoms with van der Waals surface area (Å²) < 4.78 is 29.4. The van der Waals surface area contributed by atoms with E-state index in [-0.39, 0.29) is 29.1 Å². The van der Waals surface area contributed by atoms with E-state index in [1.807, 2.05) is 6.92 Å². The predicted octanol–water partition coefficient (Wildman–Crippen LogP) is 4.02. The van der Waals surface area contributed by atoms with Crippen LogP contribution in [0.3, 0.4) is 0 Å². The molecule has 0 bridgehead atoms. The molecule has 2 N–H and O–H groups in total. The average Bonchev–Trinajstić information content (AvgIpc) is 3.34. The summed E-state index contributed by atoms with van der Waals surface area (Å²) in [5.41, 5.74) is 0.999. The number of carbonyl (C=O) groups excluding carboxylic acids is 1. The summed E-state index contributed by atoms with van der Waals surface area (Å²) in [6.45, 7) is 4.12. The zero-order chi connectivity index (χ0) is 26.9. The zero-order valence-corrected chi connectivity index (χ0v) is 21.1. The lowest BCUT2D eigenvalue weighted by Crippen LogP contribution is -2.57. The van der Waals surface area contributed by atoms with E-state index in [4.69, 9.17) is 4.98 Å². The van der Waals surface area contributed by atoms with E-state index in [2.05, 4.69) is 15.4 Å². The first-order valence-corrected chi connectivity index (χ1v) is 12.4. The highest BCUT2D eigenvalue weighted by Crippen LogP contribution is 2.47. The van der Waals surface area contributed by atoms with Crippen molar-refractivity contribution in [3.63, 3.8) is 0 Å². The molecule has 1 aliphatic rings. The normalized spacial score (nSPS) is 21.3. The molecule has 0 aliphatic carbocycles. The number of nitrogens with zero attached hydrogens (tertiary/aromatic N) is 4. The largest absolute Gasteiger partial charge is 0.350 e. The van der Waals surface area contributed by atoms with Gasteiger partial charge >= 0.3 is 0 Å². The van der Waals surface area contributed by atoms with Gasteiger partial charge in [-0.3, -0.25) is 19.4 Å². The molecular formula is C28H28F2N6O2. The molecule has 2 aromatic heterocycles. The van der Waals surface area contributed by atoms with E-state index in [0.29, 0.717) is 31.2 Å². The molecule has 5 rings (SSSR count). The highest BCUT2D eigenvalue weighted by Gasteiger charge is 2.50. The van der Waals surface area contributed by atoms with Gasteiger partial charge in [-0.25, -0.2) is 18.7 Å². The molecule has 1 amide bonds. The second-order valence-corrected chi connectivity index (χ2v) is 9.66. The second kappa shape index (κ2) is 10.2. The summed E-state index contributed by atoms with van der Waals surface area (Å²) in [7, 11) is 0. The molecular weight excluding hydrogens is 490 g/mol. The quantitative estimate of drug-likeness (QED) is 0.402. The maximum Gasteiger partial charge on any atom is 0.264 e. The van der Waals surface area contributed by atoms with Crippen molar-refractivity contribution in [2.75, 3.05) is 11.9 Å². The molecule has 1 saturated heterocycles. The van der Waals surface area contributed by atoms with Gasteiger partial charge in [-0.2, -0.15) is 0 Å². The van der Waals surface area contributed by atoms with E-state index in [9.17, 15) is 18.4 Å². The number of H-pyrrole nitrogens is 1. The number of piperidine rings is 1. The molecule has 38 heavy (non-hydrogen) atoms. The number of anilines is 1. The van der Waals surface area contributed by atoms with Gasteiger partial charge in [0.2, 0.25) is 11.9 Å². The summed E-state index contributed by atoms with van der Waals surface area (Å²) in [6.07, 6.45) is 3.75. The molecule has 8 nitrogen and oxygen atoms in total. The number of likely N-dealkylation sites (tertiary alicyclic amines) is 1. The summed E-state index contributed by atoms with van der Waals surface area (Å²) in [5, 5.41) is 6.05. The fourth-order valence-electron chi connectivity index (χ4n) is 5.52. The van der Waals surface area contributed by atoms with Crippen LogP contribution in [-0.2, 0) is 16.9 Å². The van der Waals surface area contributed by atoms with E-state index in [0.717, 1.165) is 11.1 Å². The highest BCUT2D eigenvalue weighted by molar-refractivity contribution is 5.74. The second-order valence-electron chi connectivity index (χ2n) is 9.66. The fraction of sp³-hybridized carbons (Fsp3) is 0.286. The Bertz CT molecular complexity index is 1500. The Morgan fingerprint density at radius 1 is 1.13 bits per heavy atom. The van der Waals surface area contributed by atoms with Crippen molar-refractivity contribution in [1.82, 2.24) is 24.6 Å². The Hall–Kier alpha value is -4.34. The van der Waals surface area contributed by atoms with Gasteiger partial charge in [-0.05, 0) is 54.8 Å². The predicted molar refractivity (Wildman–Crippen MR) is 138 cm³/mol. The molecule has 196 valence electrons. The average molecular weight is 519 g/mol. The topological polar surface area (TPSA) is 95.9 Å². The molecule has 3 atom stereocenters. The van der Waals surface area contributed by atoms with Crippen LogP contribution in [0.5, 0.6) is 0 Å². The monoisotopic (exact) mass is 518 g/mol. The minimum atomic E-state index is -0.879. The van der Waals surface area contributed by atoms with E-state index < -0.39 is 11.5 Å². The zero-order valence-electron chi connectivity index (χ0n) is 21.1. The number of aromatic nitrogens is 4. The third kappa shape index (κ3) is 4.81. The Morgan fingerprint density at radius 2 is 1.92 bits per heavy atom. The van der Waals surface area contributed by atoms with Crippen molar-refractivity contribution in [2.24, 2.45) is 0 Å². The van der Waals surface area contributed by atoms with Crippen LogP contribution >= 0.6 is 0 Å². The lowest BCUT2D eigenvalue weighted by Gasteiger charge is -2.51. The number of amides is 1. The van der Waals surface area contributed by atoms with Gasteiger partial charge in [0.1, 0.15) is 11.6 Å². The van der Waals surface area contributed by atoms with Crippen LogP contribution in [0.4, 0.5) is 14.7 Å². The number of aromatic amines is 1. The molecule has 3 unspecified atom stereocenters. The number of hydrogen-bond donors (Lipinski definition) is 2. The van der Waals surface area contributed by atoms with Crippen LogP contribution in [0.15, 0.2) is 77.9 Å². The van der Waals surface area contributed by atoms with E-state index >= 15 is 0 Å². The molecule has 2 aromatic carbocycles. The SMILES string of the molecule is CC(=O)N1CC(c2ccnc(NCc3cccc(F)c3)n2)C(c2ccc(F)cc2)(n2ccc(=O)[nH]2)CC1C. The Kier molecular flexibility index (Phi) is 6.79. The third-order valence-corrected chi connectivity index (χ3v) is 7.25. The van der Waals surface area contributed by atoms with Crippen LogP contribution in [-0.4, -0.2) is 43.1 Å². The first-order chi connectivity index (χ1) is 18.3. The van der Waals surface area contributed by atoms with Gasteiger partial charge in [0.15, 0.2) is 0 Å². The highest BCUT2D eigenvalue weighted by atomic mass is 19.1. The van der Waals surface area contributed by atoms with Gasteiger partial charge < -0.3 is 10.2 Å². The van der Waals surface area contributed by atoms with Crippen molar-refractivity contribution in [2.45, 2.75) is 44.3 Å². The van der Waals surface area contributed by atoms with Gasteiger partial charge in [0, 0.05) is 50.4 Å². The number of rotatable bonds is 6. The van der Waals surface area contributed by atoms with Gasteiger partial charge in [0.05, 0.1) is 11.2 Å². The van der Waals surface area contributed by atoms with Crippen molar-refractivity contribution < 1.29 is 13.6 Å². The third-order valence-electron chi connectivity index (χ3n) is 7.25. The van der Waals surface area contributed by atoms with Crippen LogP contribution in [0.1, 0.15) is 43.0 Å². The first kappa shape index (κ1) is 25.3. The maximum absolute atomic E-state index is 14.0. The number of benzene rings is 2. The minimum absolute atomic E-state index is 0.0743. The van der Waals surface area contributed by atoms with Crippen LogP contribution in [0.2, 0.25) is 0 Å². The van der Waals surface area contributed by atoms with Crippen molar-refractivity contribution in [3.8, 4) is 0 Å². The Balaban J connectivity index is 1.61. The van der Waals surface area contributed by atoms with Crippen molar-refractivity contribution in [3.05, 3.63) is 112 Å². The Labute approximate surface area is 218 Å². The van der Waals surface area contributed by atoms with Crippen LogP contribution < -0.4 is 10.9 Å². The molecule has 0 saturated carbocycles. The molecule has 0 radical (unpaired) electrons. The molecule has 0 spiro atoms. The van der Waals surface area contributed by atoms with Gasteiger partial charge in [-0.15, -0.1) is 0 Å². The standard InChI is InChI=1S/C28H28F2N6O2/c1-18-15-28(36-13-11-26(38)34-36,21-6-8-22(29)9-7-21)24(17-35(18)19(2)37)25-10-12-31-27(33-25)32-16-20-4-3-5-23(30)14-20/h3-14,18,24H,15-17H2,1-2H3,(H,34,38)(H,31,32,33). The lowest BCUT2D eigenvalue weighted by molar-refractivity contribution is -0.134. The molecule has 3 heterocycles. The summed E-state index contributed by atoms with van der Waals surface area (Å²) in [4.78, 5) is 35.8. The number of nitrogens with one attached hydrogen (secondary N) is 2. The van der Waals surface area contributed by atoms with Crippen molar-refractivity contribution in [1.29, 1.82) is 0 Å². The lowest BCUT2D eigenvalue weighted by atomic mass is 9.69. The number of carbonyl (C=O) groups is 1. The van der Waals surface area contributed by atoms with Gasteiger partial charge in [0.25, 0.3) is 5.56 Å². The first-order valence-electron chi connectivity index (χ1n) is 12.4. The summed E-state index contributed by atoms with van der Waals surface area (Å²) >= 11 is 0. The molecule has 1 aliphatic heterocycles. The molecule has 10 heteroatoms.